The maximum absolute atomic E-state index is 12.4. The predicted molar refractivity (Wildman–Crippen MR) is 112 cm³/mol. The van der Waals surface area contributed by atoms with E-state index in [2.05, 4.69) is 28.1 Å². The van der Waals surface area contributed by atoms with Crippen LogP contribution in [0.4, 0.5) is 0 Å². The molecule has 0 saturated carbocycles. The van der Waals surface area contributed by atoms with E-state index in [1.807, 2.05) is 31.3 Å². The molecule has 6 nitrogen and oxygen atoms in total. The Morgan fingerprint density at radius 3 is 2.83 bits per heavy atom. The van der Waals surface area contributed by atoms with Crippen molar-refractivity contribution in [2.24, 2.45) is 0 Å². The molecule has 0 aliphatic heterocycles. The van der Waals surface area contributed by atoms with Gasteiger partial charge in [0.25, 0.3) is 0 Å². The molecule has 4 aromatic rings. The van der Waals surface area contributed by atoms with Gasteiger partial charge < -0.3 is 19.0 Å². The van der Waals surface area contributed by atoms with Crippen molar-refractivity contribution in [1.29, 1.82) is 0 Å². The molecule has 29 heavy (non-hydrogen) atoms. The molecule has 6 heteroatoms. The van der Waals surface area contributed by atoms with Crippen LogP contribution in [0.1, 0.15) is 11.1 Å². The monoisotopic (exact) mass is 390 g/mol. The van der Waals surface area contributed by atoms with Crippen molar-refractivity contribution >= 4 is 27.8 Å². The summed E-state index contributed by atoms with van der Waals surface area (Å²) < 4.78 is 12.7. The molecule has 0 bridgehead atoms. The van der Waals surface area contributed by atoms with Gasteiger partial charge in [-0.25, -0.2) is 4.79 Å². The molecule has 2 aromatic heterocycles. The largest absolute Gasteiger partial charge is 0.497 e. The van der Waals surface area contributed by atoms with Gasteiger partial charge in [-0.1, -0.05) is 18.2 Å². The fourth-order valence-corrected chi connectivity index (χ4v) is 3.58. The van der Waals surface area contributed by atoms with Crippen molar-refractivity contribution in [3.8, 4) is 5.75 Å². The van der Waals surface area contributed by atoms with Gasteiger partial charge in [-0.15, -0.1) is 0 Å². The maximum atomic E-state index is 12.4. The first-order valence-electron chi connectivity index (χ1n) is 9.47. The van der Waals surface area contributed by atoms with E-state index in [0.717, 1.165) is 16.5 Å². The summed E-state index contributed by atoms with van der Waals surface area (Å²) in [6.45, 7) is 2.97. The molecule has 1 N–H and O–H groups in total. The molecule has 0 aliphatic rings. The van der Waals surface area contributed by atoms with Crippen LogP contribution in [0.15, 0.2) is 63.9 Å². The van der Waals surface area contributed by atoms with E-state index in [1.54, 1.807) is 19.2 Å². The van der Waals surface area contributed by atoms with E-state index in [4.69, 9.17) is 9.15 Å². The number of nitrogens with one attached hydrogen (secondary N) is 1. The highest BCUT2D eigenvalue weighted by atomic mass is 16.5. The van der Waals surface area contributed by atoms with Crippen LogP contribution in [0.5, 0.6) is 5.75 Å². The lowest BCUT2D eigenvalue weighted by atomic mass is 10.0. The van der Waals surface area contributed by atoms with E-state index in [-0.39, 0.29) is 12.3 Å². The number of benzene rings is 2. The Morgan fingerprint density at radius 1 is 1.17 bits per heavy atom. The van der Waals surface area contributed by atoms with Crippen LogP contribution in [0, 0.1) is 6.92 Å². The first-order valence-corrected chi connectivity index (χ1v) is 9.47. The number of aromatic nitrogens is 1. The second-order valence-corrected chi connectivity index (χ2v) is 6.95. The fraction of sp³-hybridized carbons (Fsp3) is 0.217. The number of carbonyl (C=O) groups excluding carboxylic acids is 1. The van der Waals surface area contributed by atoms with Gasteiger partial charge in [0.15, 0.2) is 0 Å². The summed E-state index contributed by atoms with van der Waals surface area (Å²) in [5.41, 5.74) is 2.23. The molecule has 148 valence electrons. The molecule has 0 aliphatic carbocycles. The van der Waals surface area contributed by atoms with Gasteiger partial charge in [-0.3, -0.25) is 4.79 Å². The standard InChI is InChI=1S/C23H22N2O4/c1-15-18-8-7-17(28-2)13-21(18)29-23(27)19(15)14-22(26)24-10-12-25-11-9-16-5-3-4-6-20(16)25/h3-9,11,13H,10,12,14H2,1-2H3,(H,24,26). The van der Waals surface area contributed by atoms with Crippen molar-refractivity contribution < 1.29 is 13.9 Å². The number of aryl methyl sites for hydroxylation is 1. The maximum Gasteiger partial charge on any atom is 0.340 e. The zero-order valence-corrected chi connectivity index (χ0v) is 16.4. The van der Waals surface area contributed by atoms with Crippen molar-refractivity contribution in [2.75, 3.05) is 13.7 Å². The topological polar surface area (TPSA) is 73.5 Å². The summed E-state index contributed by atoms with van der Waals surface area (Å²) in [7, 11) is 1.56. The smallest absolute Gasteiger partial charge is 0.340 e. The minimum atomic E-state index is -0.491. The summed E-state index contributed by atoms with van der Waals surface area (Å²) in [5.74, 6) is 0.410. The second-order valence-electron chi connectivity index (χ2n) is 6.95. The number of fused-ring (bicyclic) bond motifs is 2. The highest BCUT2D eigenvalue weighted by molar-refractivity contribution is 5.85. The number of amides is 1. The van der Waals surface area contributed by atoms with Gasteiger partial charge >= 0.3 is 5.63 Å². The number of para-hydroxylation sites is 1. The third-order valence-electron chi connectivity index (χ3n) is 5.19. The van der Waals surface area contributed by atoms with Crippen LogP contribution < -0.4 is 15.7 Å². The van der Waals surface area contributed by atoms with Crippen LogP contribution in [0.3, 0.4) is 0 Å². The lowest BCUT2D eigenvalue weighted by Gasteiger charge is -2.10. The van der Waals surface area contributed by atoms with Gasteiger partial charge in [-0.2, -0.15) is 0 Å². The molecule has 0 fully saturated rings. The molecule has 0 saturated heterocycles. The molecular formula is C23H22N2O4. The summed E-state index contributed by atoms with van der Waals surface area (Å²) in [4.78, 5) is 24.8. The Hall–Kier alpha value is -3.54. The van der Waals surface area contributed by atoms with Crippen LogP contribution in [0.2, 0.25) is 0 Å². The number of ether oxygens (including phenoxy) is 1. The zero-order valence-electron chi connectivity index (χ0n) is 16.4. The average Bonchev–Trinajstić information content (AvgIpc) is 3.14. The Balaban J connectivity index is 1.45. The first-order chi connectivity index (χ1) is 14.1. The molecule has 2 aromatic carbocycles. The zero-order chi connectivity index (χ0) is 20.4. The normalized spacial score (nSPS) is 11.1. The molecule has 0 atom stereocenters. The predicted octanol–water partition coefficient (Wildman–Crippen LogP) is 3.42. The van der Waals surface area contributed by atoms with E-state index < -0.39 is 5.63 Å². The first kappa shape index (κ1) is 18.8. The second kappa shape index (κ2) is 7.83. The highest BCUT2D eigenvalue weighted by Gasteiger charge is 2.15. The molecule has 4 rings (SSSR count). The number of rotatable bonds is 6. The lowest BCUT2D eigenvalue weighted by Crippen LogP contribution is -2.30. The van der Waals surface area contributed by atoms with Crippen LogP contribution >= 0.6 is 0 Å². The summed E-state index contributed by atoms with van der Waals surface area (Å²) in [6, 6.07) is 15.5. The van der Waals surface area contributed by atoms with Gasteiger partial charge in [0.1, 0.15) is 11.3 Å². The molecule has 2 heterocycles. The van der Waals surface area contributed by atoms with E-state index in [1.165, 1.54) is 5.39 Å². The van der Waals surface area contributed by atoms with Gasteiger partial charge in [0, 0.05) is 36.3 Å². The molecule has 0 unspecified atom stereocenters. The lowest BCUT2D eigenvalue weighted by molar-refractivity contribution is -0.120. The Morgan fingerprint density at radius 2 is 2.00 bits per heavy atom. The van der Waals surface area contributed by atoms with Crippen molar-refractivity contribution in [1.82, 2.24) is 9.88 Å². The Labute approximate surface area is 167 Å². The van der Waals surface area contributed by atoms with Crippen LogP contribution in [-0.2, 0) is 17.8 Å². The van der Waals surface area contributed by atoms with Crippen molar-refractivity contribution in [2.45, 2.75) is 19.9 Å². The number of nitrogens with zero attached hydrogens (tertiary/aromatic N) is 1. The summed E-state index contributed by atoms with van der Waals surface area (Å²) in [6.07, 6.45) is 2.00. The number of hydrogen-bond donors (Lipinski definition) is 1. The minimum absolute atomic E-state index is 0.0113. The van der Waals surface area contributed by atoms with E-state index >= 15 is 0 Å². The van der Waals surface area contributed by atoms with Crippen LogP contribution in [0.25, 0.3) is 21.9 Å². The van der Waals surface area contributed by atoms with Crippen LogP contribution in [-0.4, -0.2) is 24.1 Å². The summed E-state index contributed by atoms with van der Waals surface area (Å²) >= 11 is 0. The SMILES string of the molecule is COc1ccc2c(C)c(CC(=O)NCCn3ccc4ccccc43)c(=O)oc2c1. The molecule has 0 spiro atoms. The van der Waals surface area contributed by atoms with Crippen molar-refractivity contribution in [3.05, 3.63) is 76.3 Å². The molecular weight excluding hydrogens is 368 g/mol. The highest BCUT2D eigenvalue weighted by Crippen LogP contribution is 2.24. The molecule has 1 amide bonds. The third kappa shape index (κ3) is 3.74. The number of carbonyl (C=O) groups is 1. The minimum Gasteiger partial charge on any atom is -0.497 e. The quantitative estimate of drug-likeness (QED) is 0.512. The average molecular weight is 390 g/mol. The van der Waals surface area contributed by atoms with E-state index in [9.17, 15) is 9.59 Å². The van der Waals surface area contributed by atoms with Gasteiger partial charge in [0.2, 0.25) is 5.91 Å². The fourth-order valence-electron chi connectivity index (χ4n) is 3.58. The Bertz CT molecular complexity index is 1250. The van der Waals surface area contributed by atoms with Gasteiger partial charge in [-0.05, 0) is 42.1 Å². The third-order valence-corrected chi connectivity index (χ3v) is 5.19. The number of hydrogen-bond acceptors (Lipinski definition) is 4. The number of methoxy groups -OCH3 is 1. The Kier molecular flexibility index (Phi) is 5.08. The van der Waals surface area contributed by atoms with Crippen molar-refractivity contribution in [3.63, 3.8) is 0 Å². The van der Waals surface area contributed by atoms with E-state index in [0.29, 0.717) is 30.0 Å². The summed E-state index contributed by atoms with van der Waals surface area (Å²) in [5, 5.41) is 4.86. The molecule has 0 radical (unpaired) electrons. The van der Waals surface area contributed by atoms with Gasteiger partial charge in [0.05, 0.1) is 19.1 Å².